The highest BCUT2D eigenvalue weighted by molar-refractivity contribution is 5.74. The topological polar surface area (TPSA) is 73.2 Å². The SMILES string of the molecule is Cc1cc2c(cc1-c1c(CN)n[nH]c1C)OCCO2. The van der Waals surface area contributed by atoms with E-state index >= 15 is 0 Å². The van der Waals surface area contributed by atoms with Gasteiger partial charge in [-0.05, 0) is 37.1 Å². The molecule has 0 fully saturated rings. The summed E-state index contributed by atoms with van der Waals surface area (Å²) in [5.41, 5.74) is 10.9. The molecule has 3 N–H and O–H groups in total. The Morgan fingerprint density at radius 1 is 1.21 bits per heavy atom. The molecule has 5 heteroatoms. The quantitative estimate of drug-likeness (QED) is 0.864. The average molecular weight is 259 g/mol. The van der Waals surface area contributed by atoms with Gasteiger partial charge in [0.2, 0.25) is 0 Å². The molecule has 3 rings (SSSR count). The van der Waals surface area contributed by atoms with Crippen LogP contribution in [0.2, 0.25) is 0 Å². The maximum atomic E-state index is 5.75. The Hall–Kier alpha value is -2.01. The number of ether oxygens (including phenoxy) is 2. The van der Waals surface area contributed by atoms with Crippen molar-refractivity contribution in [2.75, 3.05) is 13.2 Å². The van der Waals surface area contributed by atoms with Crippen LogP contribution in [0.5, 0.6) is 11.5 Å². The highest BCUT2D eigenvalue weighted by Crippen LogP contribution is 2.38. The summed E-state index contributed by atoms with van der Waals surface area (Å²) in [5.74, 6) is 1.60. The molecule has 1 aromatic heterocycles. The maximum absolute atomic E-state index is 5.75. The summed E-state index contributed by atoms with van der Waals surface area (Å²) in [6.07, 6.45) is 0. The number of benzene rings is 1. The Bertz CT molecular complexity index is 619. The number of nitrogens with one attached hydrogen (secondary N) is 1. The molecule has 1 aromatic carbocycles. The molecule has 1 aliphatic rings. The number of hydrogen-bond donors (Lipinski definition) is 2. The van der Waals surface area contributed by atoms with Crippen molar-refractivity contribution in [2.24, 2.45) is 5.73 Å². The summed E-state index contributed by atoms with van der Waals surface area (Å²) < 4.78 is 11.2. The van der Waals surface area contributed by atoms with Crippen molar-refractivity contribution in [1.29, 1.82) is 0 Å². The molecule has 5 nitrogen and oxygen atoms in total. The summed E-state index contributed by atoms with van der Waals surface area (Å²) in [6, 6.07) is 4.03. The second-order valence-corrected chi connectivity index (χ2v) is 4.69. The lowest BCUT2D eigenvalue weighted by atomic mass is 9.97. The molecule has 100 valence electrons. The summed E-state index contributed by atoms with van der Waals surface area (Å²) in [5, 5.41) is 7.23. The zero-order valence-electron chi connectivity index (χ0n) is 11.1. The second kappa shape index (κ2) is 4.59. The van der Waals surface area contributed by atoms with Crippen LogP contribution in [0.1, 0.15) is 17.0 Å². The predicted octanol–water partition coefficient (Wildman–Crippen LogP) is 1.92. The molecule has 0 atom stereocenters. The van der Waals surface area contributed by atoms with Crippen LogP contribution in [0.3, 0.4) is 0 Å². The van der Waals surface area contributed by atoms with E-state index in [0.29, 0.717) is 19.8 Å². The predicted molar refractivity (Wildman–Crippen MR) is 72.4 cm³/mol. The van der Waals surface area contributed by atoms with Crippen LogP contribution in [0.15, 0.2) is 12.1 Å². The third-order valence-electron chi connectivity index (χ3n) is 3.37. The van der Waals surface area contributed by atoms with E-state index in [-0.39, 0.29) is 0 Å². The first-order valence-electron chi connectivity index (χ1n) is 6.35. The molecule has 0 saturated carbocycles. The molecule has 0 saturated heterocycles. The molecular formula is C14H17N3O2. The van der Waals surface area contributed by atoms with Crippen molar-refractivity contribution in [3.8, 4) is 22.6 Å². The van der Waals surface area contributed by atoms with Crippen LogP contribution >= 0.6 is 0 Å². The Morgan fingerprint density at radius 2 is 1.89 bits per heavy atom. The minimum atomic E-state index is 0.410. The minimum absolute atomic E-state index is 0.410. The largest absolute Gasteiger partial charge is 0.486 e. The monoisotopic (exact) mass is 259 g/mol. The van der Waals surface area contributed by atoms with E-state index < -0.39 is 0 Å². The van der Waals surface area contributed by atoms with Crippen LogP contribution in [-0.2, 0) is 6.54 Å². The first-order chi connectivity index (χ1) is 9.20. The van der Waals surface area contributed by atoms with Crippen LogP contribution in [-0.4, -0.2) is 23.4 Å². The van der Waals surface area contributed by atoms with Gasteiger partial charge in [0.1, 0.15) is 13.2 Å². The first-order valence-corrected chi connectivity index (χ1v) is 6.35. The van der Waals surface area contributed by atoms with Gasteiger partial charge in [-0.1, -0.05) is 0 Å². The molecule has 0 spiro atoms. The van der Waals surface area contributed by atoms with Crippen molar-refractivity contribution in [1.82, 2.24) is 10.2 Å². The van der Waals surface area contributed by atoms with E-state index in [1.807, 2.05) is 19.1 Å². The number of aromatic amines is 1. The highest BCUT2D eigenvalue weighted by Gasteiger charge is 2.19. The van der Waals surface area contributed by atoms with Gasteiger partial charge in [-0.3, -0.25) is 5.10 Å². The number of hydrogen-bond acceptors (Lipinski definition) is 4. The van der Waals surface area contributed by atoms with Crippen LogP contribution in [0, 0.1) is 13.8 Å². The number of H-pyrrole nitrogens is 1. The van der Waals surface area contributed by atoms with Crippen molar-refractivity contribution in [2.45, 2.75) is 20.4 Å². The summed E-state index contributed by atoms with van der Waals surface area (Å²) in [6.45, 7) is 5.65. The summed E-state index contributed by atoms with van der Waals surface area (Å²) >= 11 is 0. The number of nitrogens with two attached hydrogens (primary N) is 1. The highest BCUT2D eigenvalue weighted by atomic mass is 16.6. The lowest BCUT2D eigenvalue weighted by molar-refractivity contribution is 0.171. The molecule has 1 aliphatic heterocycles. The van der Waals surface area contributed by atoms with Crippen molar-refractivity contribution >= 4 is 0 Å². The molecule has 0 amide bonds. The van der Waals surface area contributed by atoms with Crippen LogP contribution in [0.4, 0.5) is 0 Å². The van der Waals surface area contributed by atoms with Crippen molar-refractivity contribution in [3.05, 3.63) is 29.1 Å². The molecule has 0 radical (unpaired) electrons. The Morgan fingerprint density at radius 3 is 2.58 bits per heavy atom. The van der Waals surface area contributed by atoms with Gasteiger partial charge < -0.3 is 15.2 Å². The second-order valence-electron chi connectivity index (χ2n) is 4.69. The van der Waals surface area contributed by atoms with Gasteiger partial charge in [0.05, 0.1) is 5.69 Å². The Kier molecular flexibility index (Phi) is 2.91. The van der Waals surface area contributed by atoms with E-state index in [1.54, 1.807) is 0 Å². The average Bonchev–Trinajstić information content (AvgIpc) is 2.79. The van der Waals surface area contributed by atoms with Gasteiger partial charge >= 0.3 is 0 Å². The van der Waals surface area contributed by atoms with Crippen LogP contribution in [0.25, 0.3) is 11.1 Å². The number of aromatic nitrogens is 2. The third kappa shape index (κ3) is 1.96. The summed E-state index contributed by atoms with van der Waals surface area (Å²) in [4.78, 5) is 0. The van der Waals surface area contributed by atoms with Crippen molar-refractivity contribution in [3.63, 3.8) is 0 Å². The normalized spacial score (nSPS) is 13.6. The molecule has 2 aromatic rings. The molecule has 19 heavy (non-hydrogen) atoms. The standard InChI is InChI=1S/C14H17N3O2/c1-8-5-12-13(19-4-3-18-12)6-10(8)14-9(2)16-17-11(14)7-15/h5-6H,3-4,7,15H2,1-2H3,(H,16,17). The maximum Gasteiger partial charge on any atom is 0.161 e. The van der Waals surface area contributed by atoms with Gasteiger partial charge in [-0.2, -0.15) is 5.10 Å². The lowest BCUT2D eigenvalue weighted by Gasteiger charge is -2.20. The number of nitrogens with zero attached hydrogens (tertiary/aromatic N) is 1. The Labute approximate surface area is 111 Å². The summed E-state index contributed by atoms with van der Waals surface area (Å²) in [7, 11) is 0. The smallest absolute Gasteiger partial charge is 0.161 e. The number of rotatable bonds is 2. The van der Waals surface area contributed by atoms with Gasteiger partial charge in [-0.25, -0.2) is 0 Å². The fraction of sp³-hybridized carbons (Fsp3) is 0.357. The molecule has 2 heterocycles. The fourth-order valence-electron chi connectivity index (χ4n) is 2.44. The molecule has 0 bridgehead atoms. The molecule has 0 aliphatic carbocycles. The van der Waals surface area contributed by atoms with E-state index in [9.17, 15) is 0 Å². The Balaban J connectivity index is 2.17. The van der Waals surface area contributed by atoms with Crippen molar-refractivity contribution < 1.29 is 9.47 Å². The zero-order valence-corrected chi connectivity index (χ0v) is 11.1. The fourth-order valence-corrected chi connectivity index (χ4v) is 2.44. The van der Waals surface area contributed by atoms with Gasteiger partial charge in [0.25, 0.3) is 0 Å². The van der Waals surface area contributed by atoms with E-state index in [1.165, 1.54) is 0 Å². The molecule has 0 unspecified atom stereocenters. The first kappa shape index (κ1) is 12.0. The minimum Gasteiger partial charge on any atom is -0.486 e. The zero-order chi connectivity index (χ0) is 13.4. The number of fused-ring (bicyclic) bond motifs is 1. The van der Waals surface area contributed by atoms with Gasteiger partial charge in [0, 0.05) is 17.8 Å². The van der Waals surface area contributed by atoms with E-state index in [0.717, 1.165) is 39.6 Å². The lowest BCUT2D eigenvalue weighted by Crippen LogP contribution is -2.15. The van der Waals surface area contributed by atoms with Gasteiger partial charge in [-0.15, -0.1) is 0 Å². The van der Waals surface area contributed by atoms with Crippen LogP contribution < -0.4 is 15.2 Å². The van der Waals surface area contributed by atoms with E-state index in [4.69, 9.17) is 15.2 Å². The third-order valence-corrected chi connectivity index (χ3v) is 3.37. The van der Waals surface area contributed by atoms with E-state index in [2.05, 4.69) is 17.1 Å². The number of aryl methyl sites for hydroxylation is 2. The van der Waals surface area contributed by atoms with Gasteiger partial charge in [0.15, 0.2) is 11.5 Å². The molecular weight excluding hydrogens is 242 g/mol.